The summed E-state index contributed by atoms with van der Waals surface area (Å²) in [5.41, 5.74) is 0. The summed E-state index contributed by atoms with van der Waals surface area (Å²) >= 11 is 0. The second kappa shape index (κ2) is 8.09. The van der Waals surface area contributed by atoms with Gasteiger partial charge < -0.3 is 10.1 Å². The molecule has 2 heterocycles. The Morgan fingerprint density at radius 3 is 2.90 bits per heavy atom. The topological polar surface area (TPSA) is 72.3 Å². The second-order valence-corrected chi connectivity index (χ2v) is 5.44. The van der Waals surface area contributed by atoms with Gasteiger partial charge in [-0.1, -0.05) is 0 Å². The van der Waals surface area contributed by atoms with Crippen LogP contribution in [0.15, 0.2) is 6.33 Å². The van der Waals surface area contributed by atoms with Crippen LogP contribution in [0.5, 0.6) is 0 Å². The van der Waals surface area contributed by atoms with Crippen LogP contribution in [0.3, 0.4) is 0 Å². The van der Waals surface area contributed by atoms with E-state index in [1.807, 2.05) is 7.05 Å². The van der Waals surface area contributed by atoms with Crippen molar-refractivity contribution in [3.8, 4) is 0 Å². The molecule has 1 N–H and O–H groups in total. The summed E-state index contributed by atoms with van der Waals surface area (Å²) in [6, 6.07) is 0.429. The summed E-state index contributed by atoms with van der Waals surface area (Å²) < 4.78 is 7.07. The smallest absolute Gasteiger partial charge is 0.220 e. The van der Waals surface area contributed by atoms with Crippen molar-refractivity contribution in [2.24, 2.45) is 7.05 Å². The second-order valence-electron chi connectivity index (χ2n) is 5.44. The fraction of sp³-hybridized carbons (Fsp3) is 0.786. The predicted molar refractivity (Wildman–Crippen MR) is 78.8 cm³/mol. The Kier molecular flexibility index (Phi) is 6.13. The third-order valence-corrected chi connectivity index (χ3v) is 3.93. The lowest BCUT2D eigenvalue weighted by molar-refractivity contribution is -0.121. The molecule has 0 radical (unpaired) electrons. The monoisotopic (exact) mass is 295 g/mol. The van der Waals surface area contributed by atoms with Gasteiger partial charge in [-0.25, -0.2) is 4.98 Å². The highest BCUT2D eigenvalue weighted by Crippen LogP contribution is 2.09. The van der Waals surface area contributed by atoms with Crippen LogP contribution in [0.1, 0.15) is 25.6 Å². The zero-order chi connectivity index (χ0) is 15.1. The SMILES string of the molecule is CC(CCC(=O)NCCc1ncnn1C)N1CCOCC1. The molecule has 7 nitrogen and oxygen atoms in total. The van der Waals surface area contributed by atoms with Gasteiger partial charge in [-0.05, 0) is 13.3 Å². The van der Waals surface area contributed by atoms with Crippen LogP contribution >= 0.6 is 0 Å². The number of hydrogen-bond donors (Lipinski definition) is 1. The van der Waals surface area contributed by atoms with Crippen molar-refractivity contribution >= 4 is 5.91 Å². The van der Waals surface area contributed by atoms with Gasteiger partial charge in [-0.2, -0.15) is 5.10 Å². The molecule has 2 rings (SSSR count). The van der Waals surface area contributed by atoms with E-state index in [-0.39, 0.29) is 5.91 Å². The number of nitrogens with zero attached hydrogens (tertiary/aromatic N) is 4. The normalized spacial score (nSPS) is 17.6. The Labute approximate surface area is 125 Å². The van der Waals surface area contributed by atoms with E-state index < -0.39 is 0 Å². The fourth-order valence-corrected chi connectivity index (χ4v) is 2.49. The molecule has 1 aliphatic heterocycles. The number of ether oxygens (including phenoxy) is 1. The van der Waals surface area contributed by atoms with Crippen molar-refractivity contribution in [3.63, 3.8) is 0 Å². The van der Waals surface area contributed by atoms with Crippen LogP contribution < -0.4 is 5.32 Å². The number of rotatable bonds is 7. The average Bonchev–Trinajstić information content (AvgIpc) is 2.91. The van der Waals surface area contributed by atoms with E-state index in [1.54, 1.807) is 4.68 Å². The quantitative estimate of drug-likeness (QED) is 0.765. The first kappa shape index (κ1) is 15.9. The maximum atomic E-state index is 11.8. The number of aromatic nitrogens is 3. The molecular formula is C14H25N5O2. The van der Waals surface area contributed by atoms with Gasteiger partial charge >= 0.3 is 0 Å². The first-order valence-corrected chi connectivity index (χ1v) is 7.58. The van der Waals surface area contributed by atoms with Crippen LogP contribution in [0, 0.1) is 0 Å². The van der Waals surface area contributed by atoms with Crippen molar-refractivity contribution in [2.75, 3.05) is 32.8 Å². The highest BCUT2D eigenvalue weighted by Gasteiger charge is 2.17. The van der Waals surface area contributed by atoms with Crippen molar-refractivity contribution in [1.29, 1.82) is 0 Å². The van der Waals surface area contributed by atoms with Gasteiger partial charge in [0.1, 0.15) is 12.2 Å². The Morgan fingerprint density at radius 2 is 2.24 bits per heavy atom. The predicted octanol–water partition coefficient (Wildman–Crippen LogP) is -0.0253. The molecule has 0 saturated carbocycles. The maximum absolute atomic E-state index is 11.8. The first-order chi connectivity index (χ1) is 10.2. The fourth-order valence-electron chi connectivity index (χ4n) is 2.49. The molecule has 7 heteroatoms. The largest absolute Gasteiger partial charge is 0.379 e. The van der Waals surface area contributed by atoms with Gasteiger partial charge in [0, 0.05) is 45.6 Å². The van der Waals surface area contributed by atoms with Crippen molar-refractivity contribution in [3.05, 3.63) is 12.2 Å². The summed E-state index contributed by atoms with van der Waals surface area (Å²) in [4.78, 5) is 18.4. The van der Waals surface area contributed by atoms with Gasteiger partial charge in [-0.15, -0.1) is 0 Å². The maximum Gasteiger partial charge on any atom is 0.220 e. The molecule has 0 bridgehead atoms. The van der Waals surface area contributed by atoms with Gasteiger partial charge in [-0.3, -0.25) is 14.4 Å². The number of morpholine rings is 1. The molecule has 1 fully saturated rings. The molecule has 1 aromatic heterocycles. The summed E-state index contributed by atoms with van der Waals surface area (Å²) in [6.07, 6.45) is 3.69. The van der Waals surface area contributed by atoms with Gasteiger partial charge in [0.05, 0.1) is 13.2 Å². The molecule has 1 atom stereocenters. The van der Waals surface area contributed by atoms with Gasteiger partial charge in [0.25, 0.3) is 0 Å². The van der Waals surface area contributed by atoms with Gasteiger partial charge in [0.15, 0.2) is 0 Å². The molecule has 118 valence electrons. The first-order valence-electron chi connectivity index (χ1n) is 7.58. The Balaban J connectivity index is 1.59. The average molecular weight is 295 g/mol. The third kappa shape index (κ3) is 5.09. The van der Waals surface area contributed by atoms with E-state index in [0.717, 1.165) is 38.5 Å². The summed E-state index contributed by atoms with van der Waals surface area (Å²) in [7, 11) is 1.86. The van der Waals surface area contributed by atoms with Gasteiger partial charge in [0.2, 0.25) is 5.91 Å². The van der Waals surface area contributed by atoms with E-state index in [0.29, 0.717) is 25.4 Å². The van der Waals surface area contributed by atoms with Crippen LogP contribution in [0.4, 0.5) is 0 Å². The number of carbonyl (C=O) groups is 1. The highest BCUT2D eigenvalue weighted by molar-refractivity contribution is 5.75. The number of hydrogen-bond acceptors (Lipinski definition) is 5. The Morgan fingerprint density at radius 1 is 1.48 bits per heavy atom. The lowest BCUT2D eigenvalue weighted by Crippen LogP contribution is -2.42. The van der Waals surface area contributed by atoms with Crippen molar-refractivity contribution < 1.29 is 9.53 Å². The Bertz CT molecular complexity index is 442. The standard InChI is InChI=1S/C14H25N5O2/c1-12(19-7-9-21-10-8-19)3-4-14(20)15-6-5-13-16-11-17-18(13)2/h11-12H,3-10H2,1-2H3,(H,15,20). The summed E-state index contributed by atoms with van der Waals surface area (Å²) in [5.74, 6) is 0.995. The molecule has 1 aliphatic rings. The van der Waals surface area contributed by atoms with Crippen LogP contribution in [-0.2, 0) is 23.0 Å². The molecule has 1 saturated heterocycles. The number of aryl methyl sites for hydroxylation is 1. The summed E-state index contributed by atoms with van der Waals surface area (Å²) in [5, 5.41) is 6.95. The summed E-state index contributed by atoms with van der Waals surface area (Å²) in [6.45, 7) is 6.32. The molecule has 1 amide bonds. The minimum atomic E-state index is 0.109. The van der Waals surface area contributed by atoms with Crippen LogP contribution in [0.2, 0.25) is 0 Å². The molecule has 21 heavy (non-hydrogen) atoms. The van der Waals surface area contributed by atoms with Crippen LogP contribution in [-0.4, -0.2) is 64.5 Å². The zero-order valence-electron chi connectivity index (χ0n) is 12.9. The van der Waals surface area contributed by atoms with Crippen molar-refractivity contribution in [2.45, 2.75) is 32.2 Å². The molecular weight excluding hydrogens is 270 g/mol. The minimum absolute atomic E-state index is 0.109. The van der Waals surface area contributed by atoms with E-state index in [2.05, 4.69) is 27.2 Å². The third-order valence-electron chi connectivity index (χ3n) is 3.93. The Hall–Kier alpha value is -1.47. The molecule has 0 aliphatic carbocycles. The number of amides is 1. The van der Waals surface area contributed by atoms with E-state index in [9.17, 15) is 4.79 Å². The van der Waals surface area contributed by atoms with E-state index in [4.69, 9.17) is 4.74 Å². The van der Waals surface area contributed by atoms with Crippen LogP contribution in [0.25, 0.3) is 0 Å². The zero-order valence-corrected chi connectivity index (χ0v) is 12.9. The molecule has 1 aromatic rings. The molecule has 0 aromatic carbocycles. The number of carbonyl (C=O) groups excluding carboxylic acids is 1. The number of nitrogens with one attached hydrogen (secondary N) is 1. The molecule has 0 spiro atoms. The lowest BCUT2D eigenvalue weighted by atomic mass is 10.1. The minimum Gasteiger partial charge on any atom is -0.379 e. The lowest BCUT2D eigenvalue weighted by Gasteiger charge is -2.32. The van der Waals surface area contributed by atoms with E-state index in [1.165, 1.54) is 6.33 Å². The molecule has 1 unspecified atom stereocenters. The van der Waals surface area contributed by atoms with E-state index >= 15 is 0 Å². The van der Waals surface area contributed by atoms with Crippen molar-refractivity contribution in [1.82, 2.24) is 25.0 Å². The highest BCUT2D eigenvalue weighted by atomic mass is 16.5.